The smallest absolute Gasteiger partial charge is 0.0715 e. The molecule has 0 aliphatic carbocycles. The topological polar surface area (TPSA) is 0 Å². The lowest BCUT2D eigenvalue weighted by molar-refractivity contribution is 0.682. The molecule has 1 atom stereocenters. The molecule has 95 valence electrons. The lowest BCUT2D eigenvalue weighted by Gasteiger charge is -2.30. The lowest BCUT2D eigenvalue weighted by atomic mass is 9.95. The second-order valence-corrected chi connectivity index (χ2v) is 7.86. The first kappa shape index (κ1) is 14.3. The van der Waals surface area contributed by atoms with E-state index >= 15 is 0 Å². The van der Waals surface area contributed by atoms with Crippen molar-refractivity contribution in [3.8, 4) is 0 Å². The van der Waals surface area contributed by atoms with E-state index in [1.807, 2.05) is 6.08 Å². The van der Waals surface area contributed by atoms with Gasteiger partial charge in [-0.15, -0.1) is 30.1 Å². The van der Waals surface area contributed by atoms with Crippen molar-refractivity contribution in [2.75, 3.05) is 11.5 Å². The zero-order chi connectivity index (χ0) is 12.8. The molecule has 0 amide bonds. The SMILES string of the molecule is C=CCCC(c1ccccc1[Si])C1SCCCS1. The van der Waals surface area contributed by atoms with Gasteiger partial charge in [0.05, 0.1) is 14.8 Å². The number of hydrogen-bond acceptors (Lipinski definition) is 2. The maximum absolute atomic E-state index is 3.87. The van der Waals surface area contributed by atoms with Crippen LogP contribution in [0, 0.1) is 0 Å². The third-order valence-corrected chi connectivity index (χ3v) is 6.86. The Morgan fingerprint density at radius 1 is 1.33 bits per heavy atom. The summed E-state index contributed by atoms with van der Waals surface area (Å²) in [7, 11) is 3.77. The molecule has 0 spiro atoms. The maximum atomic E-state index is 3.87. The molecule has 3 heteroatoms. The average Bonchev–Trinajstić information content (AvgIpc) is 2.42. The van der Waals surface area contributed by atoms with E-state index in [0.717, 1.165) is 6.42 Å². The fourth-order valence-corrected chi connectivity index (χ4v) is 5.92. The summed E-state index contributed by atoms with van der Waals surface area (Å²) in [6, 6.07) is 8.67. The number of hydrogen-bond donors (Lipinski definition) is 0. The molecule has 1 aliphatic rings. The van der Waals surface area contributed by atoms with Crippen LogP contribution in [0.1, 0.15) is 30.7 Å². The van der Waals surface area contributed by atoms with Crippen molar-refractivity contribution in [2.24, 2.45) is 0 Å². The van der Waals surface area contributed by atoms with Gasteiger partial charge >= 0.3 is 0 Å². The van der Waals surface area contributed by atoms with E-state index in [-0.39, 0.29) is 0 Å². The van der Waals surface area contributed by atoms with Gasteiger partial charge in [-0.05, 0) is 36.3 Å². The molecule has 1 aromatic rings. The van der Waals surface area contributed by atoms with Crippen molar-refractivity contribution < 1.29 is 0 Å². The van der Waals surface area contributed by atoms with Crippen LogP contribution in [-0.2, 0) is 0 Å². The normalized spacial score (nSPS) is 18.5. The molecular formula is C15H19S2Si. The molecule has 3 radical (unpaired) electrons. The molecule has 1 heterocycles. The van der Waals surface area contributed by atoms with E-state index in [1.165, 1.54) is 35.1 Å². The number of rotatable bonds is 5. The Balaban J connectivity index is 2.18. The summed E-state index contributed by atoms with van der Waals surface area (Å²) in [5, 5.41) is 1.25. The molecule has 2 rings (SSSR count). The van der Waals surface area contributed by atoms with Crippen LogP contribution in [0.4, 0.5) is 0 Å². The molecular weight excluding hydrogens is 272 g/mol. The van der Waals surface area contributed by atoms with Crippen LogP contribution < -0.4 is 5.19 Å². The van der Waals surface area contributed by atoms with Crippen LogP contribution in [0.25, 0.3) is 0 Å². The third-order valence-electron chi connectivity index (χ3n) is 3.22. The molecule has 0 N–H and O–H groups in total. The molecule has 0 nitrogen and oxygen atoms in total. The maximum Gasteiger partial charge on any atom is 0.0715 e. The van der Waals surface area contributed by atoms with Gasteiger partial charge < -0.3 is 0 Å². The molecule has 1 aromatic carbocycles. The van der Waals surface area contributed by atoms with Crippen molar-refractivity contribution in [1.29, 1.82) is 0 Å². The van der Waals surface area contributed by atoms with Gasteiger partial charge in [-0.2, -0.15) is 0 Å². The minimum Gasteiger partial charge on any atom is -0.147 e. The van der Waals surface area contributed by atoms with E-state index in [0.29, 0.717) is 10.5 Å². The zero-order valence-electron chi connectivity index (χ0n) is 10.6. The summed E-state index contributed by atoms with van der Waals surface area (Å²) >= 11 is 4.26. The van der Waals surface area contributed by atoms with Crippen LogP contribution in [0.3, 0.4) is 0 Å². The van der Waals surface area contributed by atoms with Gasteiger partial charge in [0.15, 0.2) is 0 Å². The van der Waals surface area contributed by atoms with Gasteiger partial charge in [-0.25, -0.2) is 0 Å². The lowest BCUT2D eigenvalue weighted by Crippen LogP contribution is -2.23. The molecule has 0 saturated carbocycles. The van der Waals surface area contributed by atoms with Gasteiger partial charge in [0, 0.05) is 5.92 Å². The summed E-state index contributed by atoms with van der Waals surface area (Å²) < 4.78 is 0.705. The van der Waals surface area contributed by atoms with Crippen LogP contribution in [-0.4, -0.2) is 26.3 Å². The summed E-state index contributed by atoms with van der Waals surface area (Å²) in [4.78, 5) is 0. The predicted molar refractivity (Wildman–Crippen MR) is 87.3 cm³/mol. The minimum absolute atomic E-state index is 0.631. The highest BCUT2D eigenvalue weighted by Crippen LogP contribution is 2.42. The molecule has 0 bridgehead atoms. The van der Waals surface area contributed by atoms with Crippen molar-refractivity contribution in [3.63, 3.8) is 0 Å². The second kappa shape index (κ2) is 7.46. The Labute approximate surface area is 122 Å². The third kappa shape index (κ3) is 3.69. The highest BCUT2D eigenvalue weighted by atomic mass is 32.2. The van der Waals surface area contributed by atoms with Gasteiger partial charge in [-0.3, -0.25) is 0 Å². The summed E-state index contributed by atoms with van der Waals surface area (Å²) in [5.41, 5.74) is 1.46. The largest absolute Gasteiger partial charge is 0.147 e. The molecule has 1 aliphatic heterocycles. The van der Waals surface area contributed by atoms with E-state index in [2.05, 4.69) is 64.6 Å². The van der Waals surface area contributed by atoms with Gasteiger partial charge in [-0.1, -0.05) is 35.5 Å². The van der Waals surface area contributed by atoms with Gasteiger partial charge in [0.2, 0.25) is 0 Å². The standard InChI is InChI=1S/C15H19S2Si/c1-2-3-7-13(15-16-10-6-11-17-15)12-8-4-5-9-14(12)18/h2,4-5,8-9,13,15H,1,3,6-7,10-11H2. The van der Waals surface area contributed by atoms with E-state index in [1.54, 1.807) is 0 Å². The zero-order valence-corrected chi connectivity index (χ0v) is 13.2. The Morgan fingerprint density at radius 2 is 2.06 bits per heavy atom. The summed E-state index contributed by atoms with van der Waals surface area (Å²) in [5.74, 6) is 3.25. The van der Waals surface area contributed by atoms with Crippen LogP contribution in [0.5, 0.6) is 0 Å². The number of benzene rings is 1. The van der Waals surface area contributed by atoms with E-state index in [9.17, 15) is 0 Å². The average molecular weight is 292 g/mol. The van der Waals surface area contributed by atoms with Gasteiger partial charge in [0.1, 0.15) is 0 Å². The first-order chi connectivity index (χ1) is 8.83. The minimum atomic E-state index is 0.631. The van der Waals surface area contributed by atoms with Crippen molar-refractivity contribution >= 4 is 39.0 Å². The highest BCUT2D eigenvalue weighted by Gasteiger charge is 2.26. The van der Waals surface area contributed by atoms with E-state index in [4.69, 9.17) is 0 Å². The highest BCUT2D eigenvalue weighted by molar-refractivity contribution is 8.17. The predicted octanol–water partition coefficient (Wildman–Crippen LogP) is 3.73. The van der Waals surface area contributed by atoms with Crippen LogP contribution in [0.2, 0.25) is 0 Å². The van der Waals surface area contributed by atoms with Crippen molar-refractivity contribution in [1.82, 2.24) is 0 Å². The fraction of sp³-hybridized carbons (Fsp3) is 0.467. The second-order valence-electron chi connectivity index (χ2n) is 4.52. The Morgan fingerprint density at radius 3 is 2.72 bits per heavy atom. The van der Waals surface area contributed by atoms with Crippen LogP contribution >= 0.6 is 23.5 Å². The first-order valence-electron chi connectivity index (χ1n) is 6.47. The van der Waals surface area contributed by atoms with Crippen molar-refractivity contribution in [3.05, 3.63) is 42.5 Å². The first-order valence-corrected chi connectivity index (χ1v) is 9.07. The monoisotopic (exact) mass is 291 g/mol. The number of thioether (sulfide) groups is 2. The van der Waals surface area contributed by atoms with Gasteiger partial charge in [0.25, 0.3) is 0 Å². The molecule has 1 fully saturated rings. The summed E-state index contributed by atoms with van der Waals surface area (Å²) in [6.07, 6.45) is 5.70. The fourth-order valence-electron chi connectivity index (χ4n) is 2.29. The molecule has 0 aromatic heterocycles. The quantitative estimate of drug-likeness (QED) is 0.599. The molecule has 1 saturated heterocycles. The van der Waals surface area contributed by atoms with Crippen molar-refractivity contribution in [2.45, 2.75) is 29.8 Å². The molecule has 1 unspecified atom stereocenters. The van der Waals surface area contributed by atoms with E-state index < -0.39 is 0 Å². The Bertz CT molecular complexity index is 386. The number of allylic oxidation sites excluding steroid dienone is 1. The van der Waals surface area contributed by atoms with Crippen LogP contribution in [0.15, 0.2) is 36.9 Å². The summed E-state index contributed by atoms with van der Waals surface area (Å²) in [6.45, 7) is 3.87. The molecule has 18 heavy (non-hydrogen) atoms. The Hall–Kier alpha value is -0.123. The Kier molecular flexibility index (Phi) is 5.92.